The van der Waals surface area contributed by atoms with Gasteiger partial charge in [-0.2, -0.15) is 0 Å². The number of thiophene rings is 1. The molecule has 0 spiro atoms. The van der Waals surface area contributed by atoms with E-state index >= 15 is 0 Å². The van der Waals surface area contributed by atoms with Gasteiger partial charge in [-0.3, -0.25) is 9.79 Å². The van der Waals surface area contributed by atoms with Crippen LogP contribution in [0.4, 0.5) is 17.2 Å². The van der Waals surface area contributed by atoms with E-state index in [1.807, 2.05) is 20.3 Å². The quantitative estimate of drug-likeness (QED) is 0.608. The van der Waals surface area contributed by atoms with Gasteiger partial charge in [-0.25, -0.2) is 9.97 Å². The zero-order chi connectivity index (χ0) is 23.3. The second-order valence-corrected chi connectivity index (χ2v) is 10.5. The molecule has 1 aliphatic carbocycles. The van der Waals surface area contributed by atoms with E-state index in [0.29, 0.717) is 6.04 Å². The predicted octanol–water partition coefficient (Wildman–Crippen LogP) is 4.41. The lowest BCUT2D eigenvalue weighted by molar-refractivity contribution is -0.133. The van der Waals surface area contributed by atoms with Crippen molar-refractivity contribution >= 4 is 50.9 Å². The molecule has 7 nitrogen and oxygen atoms in total. The molecule has 2 aromatic heterocycles. The van der Waals surface area contributed by atoms with Crippen LogP contribution in [0.5, 0.6) is 0 Å². The summed E-state index contributed by atoms with van der Waals surface area (Å²) in [6.45, 7) is 5.12. The molecule has 0 saturated carbocycles. The molecule has 1 atom stereocenters. The third kappa shape index (κ3) is 3.86. The maximum Gasteiger partial charge on any atom is 0.225 e. The van der Waals surface area contributed by atoms with E-state index in [0.717, 1.165) is 58.8 Å². The molecule has 33 heavy (non-hydrogen) atoms. The van der Waals surface area contributed by atoms with Gasteiger partial charge in [0.15, 0.2) is 0 Å². The molecule has 0 bridgehead atoms. The van der Waals surface area contributed by atoms with Gasteiger partial charge in [-0.15, -0.1) is 11.3 Å². The lowest BCUT2D eigenvalue weighted by Gasteiger charge is -2.27. The Balaban J connectivity index is 1.55. The van der Waals surface area contributed by atoms with Crippen molar-refractivity contribution < 1.29 is 4.79 Å². The van der Waals surface area contributed by atoms with Crippen molar-refractivity contribution in [2.75, 3.05) is 31.4 Å². The lowest BCUT2D eigenvalue weighted by atomic mass is 9.87. The first-order valence-electron chi connectivity index (χ1n) is 11.5. The fraction of sp³-hybridized carbons (Fsp3) is 0.440. The molecule has 0 unspecified atom stereocenters. The molecule has 1 aliphatic heterocycles. The summed E-state index contributed by atoms with van der Waals surface area (Å²) in [6.07, 6.45) is 6.10. The number of aromatic nitrogens is 2. The van der Waals surface area contributed by atoms with Crippen molar-refractivity contribution in [2.45, 2.75) is 45.7 Å². The molecular weight excluding hydrogens is 432 g/mol. The Labute approximate surface area is 198 Å². The average molecular weight is 463 g/mol. The number of amides is 1. The van der Waals surface area contributed by atoms with Crippen LogP contribution in [0, 0.1) is 5.92 Å². The highest BCUT2D eigenvalue weighted by atomic mass is 32.1. The number of carbonyl (C=O) groups is 1. The van der Waals surface area contributed by atoms with Gasteiger partial charge in [0.25, 0.3) is 0 Å². The third-order valence-corrected chi connectivity index (χ3v) is 7.95. The molecule has 0 saturated heterocycles. The largest absolute Gasteiger partial charge is 0.370 e. The van der Waals surface area contributed by atoms with Gasteiger partial charge in [0, 0.05) is 44.2 Å². The minimum Gasteiger partial charge on any atom is -0.370 e. The first-order chi connectivity index (χ1) is 15.8. The first kappa shape index (κ1) is 21.8. The molecule has 1 aromatic carbocycles. The maximum atomic E-state index is 12.6. The summed E-state index contributed by atoms with van der Waals surface area (Å²) in [6, 6.07) is 4.78. The Morgan fingerprint density at radius 3 is 2.79 bits per heavy atom. The van der Waals surface area contributed by atoms with Crippen molar-refractivity contribution in [3.8, 4) is 0 Å². The van der Waals surface area contributed by atoms with Crippen LogP contribution < -0.4 is 10.2 Å². The maximum absolute atomic E-state index is 12.6. The molecule has 5 rings (SSSR count). The second kappa shape index (κ2) is 8.41. The van der Waals surface area contributed by atoms with Gasteiger partial charge in [0.1, 0.15) is 17.0 Å². The Morgan fingerprint density at radius 1 is 1.21 bits per heavy atom. The summed E-state index contributed by atoms with van der Waals surface area (Å²) < 4.78 is 0. The molecule has 3 heterocycles. The standard InChI is InChI=1S/C25H30N6OS/c1-14(2)31(5)20-9-17-12-26-11-16(17)8-19(20)29-23-22-18-7-6-15(25(32)30(3)4)10-21(18)33-24(22)28-13-27-23/h8-9,11,13-15H,6-7,10,12H2,1-5H3,(H,27,28,29)/t15-/m0/s1. The van der Waals surface area contributed by atoms with Crippen LogP contribution in [-0.2, 0) is 24.2 Å². The molecular formula is C25H30N6OS. The summed E-state index contributed by atoms with van der Waals surface area (Å²) in [7, 11) is 5.80. The molecule has 3 aromatic rings. The molecule has 0 fully saturated rings. The van der Waals surface area contributed by atoms with E-state index in [-0.39, 0.29) is 11.8 Å². The fourth-order valence-corrected chi connectivity index (χ4v) is 5.99. The number of hydrogen-bond donors (Lipinski definition) is 1. The number of hydrogen-bond acceptors (Lipinski definition) is 7. The highest BCUT2D eigenvalue weighted by molar-refractivity contribution is 7.19. The van der Waals surface area contributed by atoms with Gasteiger partial charge in [-0.1, -0.05) is 0 Å². The lowest BCUT2D eigenvalue weighted by Crippen LogP contribution is -2.32. The number of carbonyl (C=O) groups excluding carboxylic acids is 1. The fourth-order valence-electron chi connectivity index (χ4n) is 4.73. The normalized spacial score (nSPS) is 16.7. The van der Waals surface area contributed by atoms with Gasteiger partial charge in [0.2, 0.25) is 5.91 Å². The van der Waals surface area contributed by atoms with Crippen molar-refractivity contribution in [1.82, 2.24) is 14.9 Å². The van der Waals surface area contributed by atoms with E-state index in [1.165, 1.54) is 16.0 Å². The molecule has 172 valence electrons. The van der Waals surface area contributed by atoms with Crippen LogP contribution >= 0.6 is 11.3 Å². The highest BCUT2D eigenvalue weighted by Crippen LogP contribution is 2.42. The van der Waals surface area contributed by atoms with Crippen LogP contribution in [0.1, 0.15) is 41.8 Å². The van der Waals surface area contributed by atoms with E-state index in [4.69, 9.17) is 0 Å². The number of nitrogens with one attached hydrogen (secondary N) is 1. The van der Waals surface area contributed by atoms with Crippen molar-refractivity contribution in [1.29, 1.82) is 0 Å². The Kier molecular flexibility index (Phi) is 5.56. The number of anilines is 3. The summed E-state index contributed by atoms with van der Waals surface area (Å²) >= 11 is 1.70. The van der Waals surface area contributed by atoms with Crippen LogP contribution in [0.15, 0.2) is 23.5 Å². The summed E-state index contributed by atoms with van der Waals surface area (Å²) in [5, 5.41) is 4.74. The Bertz CT molecular complexity index is 1260. The van der Waals surface area contributed by atoms with Gasteiger partial charge >= 0.3 is 0 Å². The minimum absolute atomic E-state index is 0.0484. The molecule has 8 heteroatoms. The molecule has 1 N–H and O–H groups in total. The van der Waals surface area contributed by atoms with Crippen molar-refractivity contribution in [2.24, 2.45) is 10.9 Å². The monoisotopic (exact) mass is 462 g/mol. The second-order valence-electron chi connectivity index (χ2n) is 9.45. The van der Waals surface area contributed by atoms with Gasteiger partial charge in [0.05, 0.1) is 23.3 Å². The Morgan fingerprint density at radius 2 is 2.03 bits per heavy atom. The average Bonchev–Trinajstić information content (AvgIpc) is 3.40. The molecule has 0 radical (unpaired) electrons. The number of aryl methyl sites for hydroxylation is 1. The van der Waals surface area contributed by atoms with E-state index in [2.05, 4.69) is 58.2 Å². The van der Waals surface area contributed by atoms with Crippen molar-refractivity contribution in [3.05, 3.63) is 40.0 Å². The third-order valence-electron chi connectivity index (χ3n) is 6.79. The van der Waals surface area contributed by atoms with Gasteiger partial charge < -0.3 is 15.1 Å². The zero-order valence-corrected chi connectivity index (χ0v) is 20.7. The summed E-state index contributed by atoms with van der Waals surface area (Å²) in [5.41, 5.74) is 5.86. The van der Waals surface area contributed by atoms with E-state index in [9.17, 15) is 4.79 Å². The minimum atomic E-state index is 0.0484. The van der Waals surface area contributed by atoms with Gasteiger partial charge in [-0.05, 0) is 61.9 Å². The molecule has 1 amide bonds. The van der Waals surface area contributed by atoms with Crippen molar-refractivity contribution in [3.63, 3.8) is 0 Å². The number of rotatable bonds is 5. The highest BCUT2D eigenvalue weighted by Gasteiger charge is 2.30. The SMILES string of the molecule is CC(C)N(C)c1cc2c(cc1Nc1ncnc3sc4c(c13)CC[C@H](C(=O)N(C)C)C4)C=NC2. The first-order valence-corrected chi connectivity index (χ1v) is 12.3. The van der Waals surface area contributed by atoms with Crippen LogP contribution in [-0.4, -0.2) is 54.2 Å². The van der Waals surface area contributed by atoms with Crippen LogP contribution in [0.3, 0.4) is 0 Å². The zero-order valence-electron chi connectivity index (χ0n) is 19.8. The summed E-state index contributed by atoms with van der Waals surface area (Å²) in [4.78, 5) is 32.5. The van der Waals surface area contributed by atoms with Crippen LogP contribution in [0.25, 0.3) is 10.2 Å². The Hall–Kier alpha value is -3.00. The smallest absolute Gasteiger partial charge is 0.225 e. The number of aliphatic imine (C=N–C) groups is 1. The number of nitrogens with zero attached hydrogens (tertiary/aromatic N) is 5. The number of benzene rings is 1. The molecule has 2 aliphatic rings. The predicted molar refractivity (Wildman–Crippen MR) is 136 cm³/mol. The summed E-state index contributed by atoms with van der Waals surface area (Å²) in [5.74, 6) is 1.10. The van der Waals surface area contributed by atoms with Crippen LogP contribution in [0.2, 0.25) is 0 Å². The topological polar surface area (TPSA) is 73.7 Å². The van der Waals surface area contributed by atoms with E-state index in [1.54, 1.807) is 22.6 Å². The van der Waals surface area contributed by atoms with E-state index < -0.39 is 0 Å². The number of fused-ring (bicyclic) bond motifs is 4.